The molecule has 1 N–H and O–H groups in total. The molecule has 1 aromatic carbocycles. The SMILES string of the molecule is CCc1c(CNC(C)C)oc2c(C(C)C)cccc12. The summed E-state index contributed by atoms with van der Waals surface area (Å²) in [6.07, 6.45) is 1.02. The Morgan fingerprint density at radius 2 is 1.89 bits per heavy atom. The summed E-state index contributed by atoms with van der Waals surface area (Å²) < 4.78 is 6.17. The molecule has 104 valence electrons. The normalized spacial score (nSPS) is 11.9. The Bertz CT molecular complexity index is 552. The first kappa shape index (κ1) is 14.1. The van der Waals surface area contributed by atoms with E-state index in [0.717, 1.165) is 24.3 Å². The molecule has 0 bridgehead atoms. The molecule has 2 rings (SSSR count). The minimum atomic E-state index is 0.475. The quantitative estimate of drug-likeness (QED) is 0.847. The molecule has 0 aliphatic rings. The molecule has 0 fully saturated rings. The van der Waals surface area contributed by atoms with Gasteiger partial charge < -0.3 is 9.73 Å². The zero-order chi connectivity index (χ0) is 14.0. The van der Waals surface area contributed by atoms with Gasteiger partial charge in [-0.05, 0) is 17.9 Å². The van der Waals surface area contributed by atoms with Crippen LogP contribution in [0.4, 0.5) is 0 Å². The molecule has 0 amide bonds. The Labute approximate surface area is 116 Å². The van der Waals surface area contributed by atoms with E-state index in [1.807, 2.05) is 0 Å². The lowest BCUT2D eigenvalue weighted by Crippen LogP contribution is -2.22. The molecular formula is C17H25NO. The molecule has 0 radical (unpaired) electrons. The molecule has 0 unspecified atom stereocenters. The Balaban J connectivity index is 2.50. The summed E-state index contributed by atoms with van der Waals surface area (Å²) in [5, 5.41) is 4.74. The summed E-state index contributed by atoms with van der Waals surface area (Å²) in [6.45, 7) is 11.8. The third kappa shape index (κ3) is 2.84. The van der Waals surface area contributed by atoms with E-state index < -0.39 is 0 Å². The third-order valence-electron chi connectivity index (χ3n) is 3.58. The fraction of sp³-hybridized carbons (Fsp3) is 0.529. The van der Waals surface area contributed by atoms with Crippen molar-refractivity contribution in [3.8, 4) is 0 Å². The summed E-state index contributed by atoms with van der Waals surface area (Å²) in [5.74, 6) is 1.59. The van der Waals surface area contributed by atoms with Gasteiger partial charge in [0.2, 0.25) is 0 Å². The van der Waals surface area contributed by atoms with Crippen LogP contribution in [0.25, 0.3) is 11.0 Å². The van der Waals surface area contributed by atoms with Gasteiger partial charge in [-0.3, -0.25) is 0 Å². The fourth-order valence-corrected chi connectivity index (χ4v) is 2.52. The zero-order valence-corrected chi connectivity index (χ0v) is 12.7. The molecule has 2 aromatic rings. The minimum absolute atomic E-state index is 0.475. The van der Waals surface area contributed by atoms with Crippen molar-refractivity contribution in [1.29, 1.82) is 0 Å². The van der Waals surface area contributed by atoms with Gasteiger partial charge in [-0.25, -0.2) is 0 Å². The average molecular weight is 259 g/mol. The zero-order valence-electron chi connectivity index (χ0n) is 12.7. The first-order valence-electron chi connectivity index (χ1n) is 7.31. The van der Waals surface area contributed by atoms with Gasteiger partial charge in [0.25, 0.3) is 0 Å². The van der Waals surface area contributed by atoms with Crippen molar-refractivity contribution >= 4 is 11.0 Å². The van der Waals surface area contributed by atoms with Gasteiger partial charge >= 0.3 is 0 Å². The number of aryl methyl sites for hydroxylation is 1. The van der Waals surface area contributed by atoms with Crippen LogP contribution in [0.2, 0.25) is 0 Å². The number of para-hydroxylation sites is 1. The first-order chi connectivity index (χ1) is 9.04. The van der Waals surface area contributed by atoms with E-state index >= 15 is 0 Å². The number of rotatable bonds is 5. The number of furan rings is 1. The molecule has 1 aromatic heterocycles. The Kier molecular flexibility index (Phi) is 4.31. The van der Waals surface area contributed by atoms with E-state index in [0.29, 0.717) is 12.0 Å². The summed E-state index contributed by atoms with van der Waals surface area (Å²) in [5.41, 5.74) is 3.74. The predicted molar refractivity (Wildman–Crippen MR) is 81.7 cm³/mol. The molecule has 0 spiro atoms. The average Bonchev–Trinajstić information content (AvgIpc) is 2.73. The highest BCUT2D eigenvalue weighted by Gasteiger charge is 2.16. The summed E-state index contributed by atoms with van der Waals surface area (Å²) in [4.78, 5) is 0. The molecule has 19 heavy (non-hydrogen) atoms. The highest BCUT2D eigenvalue weighted by atomic mass is 16.3. The van der Waals surface area contributed by atoms with Crippen LogP contribution in [0.3, 0.4) is 0 Å². The van der Waals surface area contributed by atoms with Gasteiger partial charge in [-0.15, -0.1) is 0 Å². The molecule has 0 saturated carbocycles. The van der Waals surface area contributed by atoms with Crippen LogP contribution in [0, 0.1) is 0 Å². The summed E-state index contributed by atoms with van der Waals surface area (Å²) in [7, 11) is 0. The van der Waals surface area contributed by atoms with Gasteiger partial charge in [0.05, 0.1) is 6.54 Å². The highest BCUT2D eigenvalue weighted by molar-refractivity contribution is 5.85. The standard InChI is InChI=1S/C17H25NO/c1-6-13-15-9-7-8-14(11(2)3)17(15)19-16(13)10-18-12(4)5/h7-9,11-12,18H,6,10H2,1-5H3. The second-order valence-electron chi connectivity index (χ2n) is 5.77. The lowest BCUT2D eigenvalue weighted by Gasteiger charge is -2.06. The van der Waals surface area contributed by atoms with Crippen molar-refractivity contribution in [2.24, 2.45) is 0 Å². The number of nitrogens with one attached hydrogen (secondary N) is 1. The second kappa shape index (κ2) is 5.79. The van der Waals surface area contributed by atoms with Gasteiger partial charge in [-0.2, -0.15) is 0 Å². The Hall–Kier alpha value is -1.28. The van der Waals surface area contributed by atoms with Crippen molar-refractivity contribution in [3.05, 3.63) is 35.1 Å². The summed E-state index contributed by atoms with van der Waals surface area (Å²) >= 11 is 0. The number of hydrogen-bond acceptors (Lipinski definition) is 2. The molecule has 1 heterocycles. The maximum Gasteiger partial charge on any atom is 0.138 e. The van der Waals surface area contributed by atoms with Crippen molar-refractivity contribution in [3.63, 3.8) is 0 Å². The highest BCUT2D eigenvalue weighted by Crippen LogP contribution is 2.32. The van der Waals surface area contributed by atoms with Crippen LogP contribution in [-0.2, 0) is 13.0 Å². The molecule has 0 aliphatic carbocycles. The van der Waals surface area contributed by atoms with E-state index in [2.05, 4.69) is 58.1 Å². The predicted octanol–water partition coefficient (Wildman–Crippen LogP) is 4.62. The maximum absolute atomic E-state index is 6.17. The Morgan fingerprint density at radius 1 is 1.16 bits per heavy atom. The van der Waals surface area contributed by atoms with E-state index in [9.17, 15) is 0 Å². The Morgan fingerprint density at radius 3 is 2.47 bits per heavy atom. The van der Waals surface area contributed by atoms with Crippen LogP contribution in [0.1, 0.15) is 57.4 Å². The smallest absolute Gasteiger partial charge is 0.138 e. The van der Waals surface area contributed by atoms with E-state index in [4.69, 9.17) is 4.42 Å². The lowest BCUT2D eigenvalue weighted by atomic mass is 9.99. The third-order valence-corrected chi connectivity index (χ3v) is 3.58. The van der Waals surface area contributed by atoms with E-state index in [1.54, 1.807) is 0 Å². The van der Waals surface area contributed by atoms with Crippen LogP contribution in [0.5, 0.6) is 0 Å². The van der Waals surface area contributed by atoms with Gasteiger partial charge in [0.15, 0.2) is 0 Å². The number of benzene rings is 1. The van der Waals surface area contributed by atoms with Crippen LogP contribution < -0.4 is 5.32 Å². The molecule has 2 heteroatoms. The van der Waals surface area contributed by atoms with Crippen LogP contribution in [-0.4, -0.2) is 6.04 Å². The van der Waals surface area contributed by atoms with Gasteiger partial charge in [-0.1, -0.05) is 52.8 Å². The fourth-order valence-electron chi connectivity index (χ4n) is 2.52. The van der Waals surface area contributed by atoms with E-state index in [-0.39, 0.29) is 0 Å². The topological polar surface area (TPSA) is 25.2 Å². The van der Waals surface area contributed by atoms with Crippen molar-refractivity contribution in [2.75, 3.05) is 0 Å². The van der Waals surface area contributed by atoms with Crippen LogP contribution in [0.15, 0.2) is 22.6 Å². The van der Waals surface area contributed by atoms with Gasteiger partial charge in [0, 0.05) is 17.0 Å². The minimum Gasteiger partial charge on any atom is -0.459 e. The number of fused-ring (bicyclic) bond motifs is 1. The van der Waals surface area contributed by atoms with Crippen molar-refractivity contribution < 1.29 is 4.42 Å². The number of hydrogen-bond donors (Lipinski definition) is 1. The largest absolute Gasteiger partial charge is 0.459 e. The molecule has 2 nitrogen and oxygen atoms in total. The van der Waals surface area contributed by atoms with Crippen molar-refractivity contribution in [1.82, 2.24) is 5.32 Å². The lowest BCUT2D eigenvalue weighted by molar-refractivity contribution is 0.481. The molecular weight excluding hydrogens is 234 g/mol. The van der Waals surface area contributed by atoms with Crippen molar-refractivity contribution in [2.45, 2.75) is 59.5 Å². The van der Waals surface area contributed by atoms with Gasteiger partial charge in [0.1, 0.15) is 11.3 Å². The summed E-state index contributed by atoms with van der Waals surface area (Å²) in [6, 6.07) is 6.98. The second-order valence-corrected chi connectivity index (χ2v) is 5.77. The maximum atomic E-state index is 6.17. The molecule has 0 saturated heterocycles. The first-order valence-corrected chi connectivity index (χ1v) is 7.31. The molecule has 0 atom stereocenters. The van der Waals surface area contributed by atoms with Crippen LogP contribution >= 0.6 is 0 Å². The van der Waals surface area contributed by atoms with E-state index in [1.165, 1.54) is 16.5 Å². The molecule has 0 aliphatic heterocycles. The monoisotopic (exact) mass is 259 g/mol.